The number of hydrogen-bond acceptors (Lipinski definition) is 4. The second-order valence-electron chi connectivity index (χ2n) is 2.97. The van der Waals surface area contributed by atoms with Crippen LogP contribution in [0.4, 0.5) is 0 Å². The molecule has 1 N–H and O–H groups in total. The maximum absolute atomic E-state index is 10.9. The van der Waals surface area contributed by atoms with E-state index in [1.807, 2.05) is 0 Å². The zero-order valence-electron chi connectivity index (χ0n) is 7.83. The van der Waals surface area contributed by atoms with E-state index in [2.05, 4.69) is 15.3 Å². The molecule has 0 aliphatic heterocycles. The molecule has 0 unspecified atom stereocenters. The lowest BCUT2D eigenvalue weighted by Crippen LogP contribution is -2.14. The summed E-state index contributed by atoms with van der Waals surface area (Å²) in [5.74, 6) is 0. The van der Waals surface area contributed by atoms with Crippen molar-refractivity contribution in [3.63, 3.8) is 0 Å². The highest BCUT2D eigenvalue weighted by atomic mass is 32.1. The fourth-order valence-corrected chi connectivity index (χ4v) is 1.44. The van der Waals surface area contributed by atoms with Gasteiger partial charge in [0, 0.05) is 25.0 Å². The summed E-state index contributed by atoms with van der Waals surface area (Å²) in [7, 11) is 0. The number of rotatable bonds is 3. The molecular weight excluding hydrogens is 214 g/mol. The molecule has 15 heavy (non-hydrogen) atoms. The van der Waals surface area contributed by atoms with E-state index in [1.165, 1.54) is 6.07 Å². The fraction of sp³-hybridized carbons (Fsp3) is 0.250. The first kappa shape index (κ1) is 9.78. The molecule has 0 radical (unpaired) electrons. The summed E-state index contributed by atoms with van der Waals surface area (Å²) in [6.07, 6.45) is 5.06. The molecule has 0 amide bonds. The van der Waals surface area contributed by atoms with E-state index < -0.39 is 0 Å². The Labute approximate surface area is 90.2 Å². The minimum Gasteiger partial charge on any atom is -0.323 e. The summed E-state index contributed by atoms with van der Waals surface area (Å²) in [6.45, 7) is 1.32. The summed E-state index contributed by atoms with van der Waals surface area (Å²) >= 11 is 5.00. The van der Waals surface area contributed by atoms with Crippen molar-refractivity contribution in [1.29, 1.82) is 0 Å². The summed E-state index contributed by atoms with van der Waals surface area (Å²) in [5, 5.41) is 7.52. The average molecular weight is 223 g/mol. The Balaban J connectivity index is 2.12. The van der Waals surface area contributed by atoms with E-state index in [9.17, 15) is 4.79 Å². The SMILES string of the molecule is O=c1ccn(CCn2ccnn2)c(=S)[nH]1. The molecule has 0 aliphatic carbocycles. The lowest BCUT2D eigenvalue weighted by Gasteiger charge is -2.04. The van der Waals surface area contributed by atoms with Gasteiger partial charge in [-0.2, -0.15) is 0 Å². The van der Waals surface area contributed by atoms with E-state index in [1.54, 1.807) is 27.8 Å². The first-order valence-corrected chi connectivity index (χ1v) is 4.80. The standard InChI is InChI=1S/C8H9N5OS/c14-7-1-3-12(8(15)10-7)5-6-13-4-2-9-11-13/h1-4H,5-6H2,(H,10,14,15). The average Bonchev–Trinajstić information content (AvgIpc) is 2.69. The Kier molecular flexibility index (Phi) is 2.72. The first-order valence-electron chi connectivity index (χ1n) is 4.39. The number of aromatic nitrogens is 5. The lowest BCUT2D eigenvalue weighted by molar-refractivity contribution is 0.510. The van der Waals surface area contributed by atoms with Crippen LogP contribution in [-0.4, -0.2) is 24.5 Å². The molecule has 0 aromatic carbocycles. The molecule has 0 fully saturated rings. The van der Waals surface area contributed by atoms with Gasteiger partial charge in [-0.1, -0.05) is 5.21 Å². The molecule has 0 spiro atoms. The molecule has 7 heteroatoms. The number of nitrogens with one attached hydrogen (secondary N) is 1. The molecule has 0 bridgehead atoms. The number of nitrogens with zero attached hydrogens (tertiary/aromatic N) is 4. The lowest BCUT2D eigenvalue weighted by atomic mass is 10.5. The van der Waals surface area contributed by atoms with E-state index in [4.69, 9.17) is 12.2 Å². The zero-order chi connectivity index (χ0) is 10.7. The molecular formula is C8H9N5OS. The van der Waals surface area contributed by atoms with Gasteiger partial charge in [0.2, 0.25) is 0 Å². The number of aromatic amines is 1. The minimum atomic E-state index is -0.183. The Morgan fingerprint density at radius 2 is 2.27 bits per heavy atom. The van der Waals surface area contributed by atoms with Gasteiger partial charge in [-0.15, -0.1) is 5.10 Å². The van der Waals surface area contributed by atoms with E-state index >= 15 is 0 Å². The quantitative estimate of drug-likeness (QED) is 0.755. The highest BCUT2D eigenvalue weighted by molar-refractivity contribution is 7.71. The zero-order valence-corrected chi connectivity index (χ0v) is 8.65. The van der Waals surface area contributed by atoms with Gasteiger partial charge in [0.25, 0.3) is 5.56 Å². The van der Waals surface area contributed by atoms with E-state index in [-0.39, 0.29) is 5.56 Å². The van der Waals surface area contributed by atoms with Gasteiger partial charge >= 0.3 is 0 Å². The van der Waals surface area contributed by atoms with Gasteiger partial charge in [0.15, 0.2) is 4.77 Å². The smallest absolute Gasteiger partial charge is 0.251 e. The summed E-state index contributed by atoms with van der Waals surface area (Å²) in [4.78, 5) is 13.5. The molecule has 0 saturated carbocycles. The molecule has 78 valence electrons. The molecule has 0 saturated heterocycles. The van der Waals surface area contributed by atoms with Crippen LogP contribution in [0.3, 0.4) is 0 Å². The molecule has 0 atom stereocenters. The third-order valence-electron chi connectivity index (χ3n) is 1.94. The fourth-order valence-electron chi connectivity index (χ4n) is 1.18. The predicted octanol–water partition coefficient (Wildman–Crippen LogP) is 0.198. The van der Waals surface area contributed by atoms with E-state index in [0.29, 0.717) is 17.9 Å². The van der Waals surface area contributed by atoms with Gasteiger partial charge in [-0.3, -0.25) is 14.5 Å². The molecule has 6 nitrogen and oxygen atoms in total. The van der Waals surface area contributed by atoms with Gasteiger partial charge in [-0.05, 0) is 12.2 Å². The van der Waals surface area contributed by atoms with Gasteiger partial charge in [0.05, 0.1) is 12.7 Å². The van der Waals surface area contributed by atoms with Crippen LogP contribution in [0.15, 0.2) is 29.5 Å². The van der Waals surface area contributed by atoms with Crippen molar-refractivity contribution in [1.82, 2.24) is 24.5 Å². The molecule has 0 aliphatic rings. The normalized spacial score (nSPS) is 10.4. The van der Waals surface area contributed by atoms with Crippen molar-refractivity contribution >= 4 is 12.2 Å². The molecule has 2 aromatic rings. The minimum absolute atomic E-state index is 0.183. The number of H-pyrrole nitrogens is 1. The van der Waals surface area contributed by atoms with Crippen LogP contribution in [0.25, 0.3) is 0 Å². The van der Waals surface area contributed by atoms with Crippen LogP contribution < -0.4 is 5.56 Å². The Morgan fingerprint density at radius 1 is 1.40 bits per heavy atom. The van der Waals surface area contributed by atoms with Gasteiger partial charge in [0.1, 0.15) is 0 Å². The highest BCUT2D eigenvalue weighted by Gasteiger charge is 1.95. The predicted molar refractivity (Wildman–Crippen MR) is 55.9 cm³/mol. The van der Waals surface area contributed by atoms with Gasteiger partial charge in [-0.25, -0.2) is 0 Å². The maximum Gasteiger partial charge on any atom is 0.251 e. The largest absolute Gasteiger partial charge is 0.323 e. The Morgan fingerprint density at radius 3 is 2.93 bits per heavy atom. The van der Waals surface area contributed by atoms with Crippen molar-refractivity contribution in [3.8, 4) is 0 Å². The monoisotopic (exact) mass is 223 g/mol. The summed E-state index contributed by atoms with van der Waals surface area (Å²) < 4.78 is 3.90. The highest BCUT2D eigenvalue weighted by Crippen LogP contribution is 1.89. The van der Waals surface area contributed by atoms with Crippen LogP contribution in [0, 0.1) is 4.77 Å². The Hall–Kier alpha value is -1.76. The van der Waals surface area contributed by atoms with Crippen molar-refractivity contribution in [2.45, 2.75) is 13.1 Å². The number of aryl methyl sites for hydroxylation is 2. The second-order valence-corrected chi connectivity index (χ2v) is 3.36. The van der Waals surface area contributed by atoms with Crippen molar-refractivity contribution in [3.05, 3.63) is 39.8 Å². The van der Waals surface area contributed by atoms with Crippen LogP contribution in [0.2, 0.25) is 0 Å². The molecule has 2 heterocycles. The van der Waals surface area contributed by atoms with Crippen LogP contribution in [0.1, 0.15) is 0 Å². The topological polar surface area (TPSA) is 68.5 Å². The van der Waals surface area contributed by atoms with Crippen molar-refractivity contribution in [2.24, 2.45) is 0 Å². The first-order chi connectivity index (χ1) is 7.25. The van der Waals surface area contributed by atoms with Gasteiger partial charge < -0.3 is 4.57 Å². The maximum atomic E-state index is 10.9. The van der Waals surface area contributed by atoms with Crippen molar-refractivity contribution < 1.29 is 0 Å². The van der Waals surface area contributed by atoms with Crippen LogP contribution >= 0.6 is 12.2 Å². The van der Waals surface area contributed by atoms with Crippen LogP contribution in [-0.2, 0) is 13.1 Å². The third kappa shape index (κ3) is 2.38. The van der Waals surface area contributed by atoms with Crippen LogP contribution in [0.5, 0.6) is 0 Å². The Bertz CT molecular complexity index is 541. The summed E-state index contributed by atoms with van der Waals surface area (Å²) in [6, 6.07) is 1.44. The van der Waals surface area contributed by atoms with E-state index in [0.717, 1.165) is 0 Å². The molecule has 2 aromatic heterocycles. The second kappa shape index (κ2) is 4.18. The summed E-state index contributed by atoms with van der Waals surface area (Å²) in [5.41, 5.74) is -0.183. The third-order valence-corrected chi connectivity index (χ3v) is 2.28. The number of hydrogen-bond donors (Lipinski definition) is 1. The van der Waals surface area contributed by atoms with Crippen molar-refractivity contribution in [2.75, 3.05) is 0 Å². The molecule has 2 rings (SSSR count).